The van der Waals surface area contributed by atoms with Crippen LogP contribution in [0.25, 0.3) is 0 Å². The second-order valence-corrected chi connectivity index (χ2v) is 6.51. The second kappa shape index (κ2) is 5.68. The molecule has 1 aromatic carbocycles. The topological polar surface area (TPSA) is 104 Å². The van der Waals surface area contributed by atoms with Crippen molar-refractivity contribution >= 4 is 39.2 Å². The molecule has 3 amide bonds. The molecule has 0 radical (unpaired) electrons. The van der Waals surface area contributed by atoms with Gasteiger partial charge in [0.05, 0.1) is 5.75 Å². The van der Waals surface area contributed by atoms with Crippen molar-refractivity contribution in [3.05, 3.63) is 29.3 Å². The van der Waals surface area contributed by atoms with Crippen molar-refractivity contribution in [1.29, 1.82) is 0 Å². The van der Waals surface area contributed by atoms with Gasteiger partial charge in [-0.3, -0.25) is 14.8 Å². The lowest BCUT2D eigenvalue weighted by atomic mass is 10.2. The smallest absolute Gasteiger partial charge is 0.322 e. The van der Waals surface area contributed by atoms with Gasteiger partial charge in [0.25, 0.3) is 5.91 Å². The first-order valence-electron chi connectivity index (χ1n) is 5.73. The van der Waals surface area contributed by atoms with Crippen LogP contribution in [-0.4, -0.2) is 32.2 Å². The predicted molar refractivity (Wildman–Crippen MR) is 73.9 cm³/mol. The van der Waals surface area contributed by atoms with Crippen LogP contribution in [0.4, 0.5) is 10.5 Å². The highest BCUT2D eigenvalue weighted by atomic mass is 35.5. The number of nitrogens with one attached hydrogen (secondary N) is 3. The minimum absolute atomic E-state index is 0.00648. The molecule has 1 aliphatic rings. The van der Waals surface area contributed by atoms with E-state index in [-0.39, 0.29) is 12.2 Å². The van der Waals surface area contributed by atoms with E-state index in [1.54, 1.807) is 18.2 Å². The highest BCUT2D eigenvalue weighted by molar-refractivity contribution is 7.92. The highest BCUT2D eigenvalue weighted by Crippen LogP contribution is 2.16. The number of imide groups is 1. The quantitative estimate of drug-likeness (QED) is 0.694. The number of halogens is 1. The van der Waals surface area contributed by atoms with Gasteiger partial charge in [-0.25, -0.2) is 13.2 Å². The maximum Gasteiger partial charge on any atom is 0.322 e. The number of hydrogen-bond acceptors (Lipinski definition) is 4. The standard InChI is InChI=1S/C11H12ClN3O4S/c12-7-2-1-3-8(6-7)15-20(18,19)5-4-9-10(16)14-11(17)13-9/h1-3,6,9,15H,4-5H2,(H2,13,14,16,17)/t9-/m1/s1. The van der Waals surface area contributed by atoms with E-state index in [0.29, 0.717) is 10.7 Å². The van der Waals surface area contributed by atoms with E-state index in [1.165, 1.54) is 6.07 Å². The average molecular weight is 318 g/mol. The van der Waals surface area contributed by atoms with Crippen LogP contribution in [0.1, 0.15) is 6.42 Å². The fourth-order valence-electron chi connectivity index (χ4n) is 1.72. The Morgan fingerprint density at radius 1 is 1.30 bits per heavy atom. The van der Waals surface area contributed by atoms with Crippen molar-refractivity contribution in [2.75, 3.05) is 10.5 Å². The van der Waals surface area contributed by atoms with Crippen molar-refractivity contribution < 1.29 is 18.0 Å². The SMILES string of the molecule is O=C1NC(=O)[C@@H](CCS(=O)(=O)Nc2cccc(Cl)c2)N1. The van der Waals surface area contributed by atoms with Crippen LogP contribution in [0.3, 0.4) is 0 Å². The molecular weight excluding hydrogens is 306 g/mol. The summed E-state index contributed by atoms with van der Waals surface area (Å²) in [5.74, 6) is -0.814. The number of urea groups is 1. The summed E-state index contributed by atoms with van der Waals surface area (Å²) in [6, 6.07) is 4.85. The molecule has 7 nitrogen and oxygen atoms in total. The highest BCUT2D eigenvalue weighted by Gasteiger charge is 2.30. The third kappa shape index (κ3) is 3.84. The molecule has 1 atom stereocenters. The van der Waals surface area contributed by atoms with Crippen molar-refractivity contribution in [1.82, 2.24) is 10.6 Å². The van der Waals surface area contributed by atoms with Crippen LogP contribution in [0.5, 0.6) is 0 Å². The number of carbonyl (C=O) groups is 2. The first-order valence-corrected chi connectivity index (χ1v) is 7.76. The summed E-state index contributed by atoms with van der Waals surface area (Å²) < 4.78 is 26.1. The average Bonchev–Trinajstić information content (AvgIpc) is 2.65. The van der Waals surface area contributed by atoms with Crippen molar-refractivity contribution in [2.24, 2.45) is 0 Å². The van der Waals surface area contributed by atoms with E-state index in [1.807, 2.05) is 5.32 Å². The van der Waals surface area contributed by atoms with Gasteiger partial charge >= 0.3 is 6.03 Å². The molecule has 1 saturated heterocycles. The van der Waals surface area contributed by atoms with Gasteiger partial charge in [0.2, 0.25) is 10.0 Å². The van der Waals surface area contributed by atoms with Gasteiger partial charge in [-0.05, 0) is 24.6 Å². The van der Waals surface area contributed by atoms with E-state index in [2.05, 4.69) is 10.0 Å². The first kappa shape index (κ1) is 14.6. The second-order valence-electron chi connectivity index (χ2n) is 4.24. The molecule has 0 unspecified atom stereocenters. The predicted octanol–water partition coefficient (Wildman–Crippen LogP) is 0.680. The lowest BCUT2D eigenvalue weighted by Gasteiger charge is -2.10. The van der Waals surface area contributed by atoms with Crippen LogP contribution >= 0.6 is 11.6 Å². The molecule has 0 saturated carbocycles. The summed E-state index contributed by atoms with van der Waals surface area (Å²) >= 11 is 5.75. The van der Waals surface area contributed by atoms with Crippen LogP contribution in [0, 0.1) is 0 Å². The number of sulfonamides is 1. The largest absolute Gasteiger partial charge is 0.326 e. The van der Waals surface area contributed by atoms with E-state index >= 15 is 0 Å². The van der Waals surface area contributed by atoms with Gasteiger partial charge in [0.1, 0.15) is 6.04 Å². The molecule has 0 aliphatic carbocycles. The molecule has 0 aromatic heterocycles. The summed E-state index contributed by atoms with van der Waals surface area (Å²) in [6.45, 7) is 0. The maximum atomic E-state index is 11.9. The molecule has 9 heteroatoms. The van der Waals surface area contributed by atoms with E-state index in [9.17, 15) is 18.0 Å². The van der Waals surface area contributed by atoms with Gasteiger partial charge in [-0.1, -0.05) is 17.7 Å². The van der Waals surface area contributed by atoms with Crippen molar-refractivity contribution in [3.63, 3.8) is 0 Å². The fraction of sp³-hybridized carbons (Fsp3) is 0.273. The Balaban J connectivity index is 1.94. The molecule has 1 aromatic rings. The number of benzene rings is 1. The molecule has 0 spiro atoms. The molecule has 0 bridgehead atoms. The fourth-order valence-corrected chi connectivity index (χ4v) is 3.04. The zero-order chi connectivity index (χ0) is 14.8. The minimum atomic E-state index is -3.62. The number of amides is 3. The number of hydrogen-bond donors (Lipinski definition) is 3. The Labute approximate surface area is 120 Å². The summed E-state index contributed by atoms with van der Waals surface area (Å²) in [4.78, 5) is 22.2. The maximum absolute atomic E-state index is 11.9. The van der Waals surface area contributed by atoms with Crippen LogP contribution in [-0.2, 0) is 14.8 Å². The Morgan fingerprint density at radius 3 is 2.65 bits per heavy atom. The van der Waals surface area contributed by atoms with Gasteiger partial charge in [0.15, 0.2) is 0 Å². The number of carbonyl (C=O) groups excluding carboxylic acids is 2. The molecule has 108 valence electrons. The van der Waals surface area contributed by atoms with E-state index in [4.69, 9.17) is 11.6 Å². The third-order valence-electron chi connectivity index (χ3n) is 2.63. The molecule has 1 fully saturated rings. The van der Waals surface area contributed by atoms with Gasteiger partial charge in [-0.15, -0.1) is 0 Å². The lowest BCUT2D eigenvalue weighted by molar-refractivity contribution is -0.120. The Hall–Kier alpha value is -1.80. The molecule has 1 aliphatic heterocycles. The van der Waals surface area contributed by atoms with Crippen molar-refractivity contribution in [3.8, 4) is 0 Å². The minimum Gasteiger partial charge on any atom is -0.326 e. The zero-order valence-electron chi connectivity index (χ0n) is 10.2. The Bertz CT molecular complexity index is 647. The monoisotopic (exact) mass is 317 g/mol. The number of anilines is 1. The van der Waals surface area contributed by atoms with E-state index < -0.39 is 28.0 Å². The molecular formula is C11H12ClN3O4S. The van der Waals surface area contributed by atoms with Gasteiger partial charge in [-0.2, -0.15) is 0 Å². The number of rotatable bonds is 5. The van der Waals surface area contributed by atoms with Gasteiger partial charge < -0.3 is 5.32 Å². The molecule has 1 heterocycles. The zero-order valence-corrected chi connectivity index (χ0v) is 11.8. The van der Waals surface area contributed by atoms with Crippen LogP contribution in [0.2, 0.25) is 5.02 Å². The normalized spacial score (nSPS) is 18.6. The summed E-state index contributed by atoms with van der Waals surface area (Å²) in [7, 11) is -3.62. The molecule has 20 heavy (non-hydrogen) atoms. The van der Waals surface area contributed by atoms with Crippen LogP contribution < -0.4 is 15.4 Å². The summed E-state index contributed by atoms with van der Waals surface area (Å²) in [5.41, 5.74) is 0.345. The molecule has 3 N–H and O–H groups in total. The third-order valence-corrected chi connectivity index (χ3v) is 4.19. The van der Waals surface area contributed by atoms with E-state index in [0.717, 1.165) is 0 Å². The first-order chi connectivity index (χ1) is 9.35. The van der Waals surface area contributed by atoms with Crippen LogP contribution in [0.15, 0.2) is 24.3 Å². The Kier molecular flexibility index (Phi) is 4.15. The lowest BCUT2D eigenvalue weighted by Crippen LogP contribution is -2.32. The summed E-state index contributed by atoms with van der Waals surface area (Å²) in [6.07, 6.45) is -0.00648. The summed E-state index contributed by atoms with van der Waals surface area (Å²) in [5, 5.41) is 4.78. The van der Waals surface area contributed by atoms with Crippen molar-refractivity contribution in [2.45, 2.75) is 12.5 Å². The Morgan fingerprint density at radius 2 is 2.05 bits per heavy atom. The molecule has 2 rings (SSSR count). The van der Waals surface area contributed by atoms with Gasteiger partial charge in [0, 0.05) is 10.7 Å².